The molecule has 2 heterocycles. The molecule has 1 fully saturated rings. The second kappa shape index (κ2) is 4.23. The molecule has 102 valence electrons. The van der Waals surface area contributed by atoms with Crippen LogP contribution in [0.1, 0.15) is 38.3 Å². The van der Waals surface area contributed by atoms with E-state index in [4.69, 9.17) is 4.74 Å². The highest BCUT2D eigenvalue weighted by Gasteiger charge is 2.47. The smallest absolute Gasteiger partial charge is 0.223 e. The van der Waals surface area contributed by atoms with Crippen molar-refractivity contribution >= 4 is 5.91 Å². The third-order valence-electron chi connectivity index (χ3n) is 4.07. The van der Waals surface area contributed by atoms with E-state index in [1.54, 1.807) is 4.90 Å². The lowest BCUT2D eigenvalue weighted by Crippen LogP contribution is -2.53. The van der Waals surface area contributed by atoms with Crippen molar-refractivity contribution in [3.8, 4) is 5.75 Å². The quantitative estimate of drug-likeness (QED) is 0.839. The Labute approximate surface area is 113 Å². The number of fused-ring (bicyclic) bond motifs is 1. The van der Waals surface area contributed by atoms with Crippen LogP contribution in [0.25, 0.3) is 0 Å². The molecule has 1 aromatic rings. The van der Waals surface area contributed by atoms with Gasteiger partial charge in [-0.05, 0) is 26.3 Å². The molecular formula is C15H19NO3. The third-order valence-corrected chi connectivity index (χ3v) is 4.07. The van der Waals surface area contributed by atoms with Gasteiger partial charge in [0.1, 0.15) is 17.5 Å². The van der Waals surface area contributed by atoms with E-state index in [0.29, 0.717) is 13.0 Å². The summed E-state index contributed by atoms with van der Waals surface area (Å²) in [5.74, 6) is 0.888. The van der Waals surface area contributed by atoms with Gasteiger partial charge in [0.05, 0.1) is 6.04 Å². The monoisotopic (exact) mass is 261 g/mol. The van der Waals surface area contributed by atoms with Crippen LogP contribution in [-0.2, 0) is 4.79 Å². The highest BCUT2D eigenvalue weighted by atomic mass is 16.5. The van der Waals surface area contributed by atoms with E-state index in [1.807, 2.05) is 38.1 Å². The van der Waals surface area contributed by atoms with Gasteiger partial charge < -0.3 is 14.7 Å². The molecule has 4 nitrogen and oxygen atoms in total. The molecule has 2 atom stereocenters. The zero-order chi connectivity index (χ0) is 13.6. The van der Waals surface area contributed by atoms with E-state index >= 15 is 0 Å². The van der Waals surface area contributed by atoms with Crippen LogP contribution >= 0.6 is 0 Å². The molecular weight excluding hydrogens is 242 g/mol. The van der Waals surface area contributed by atoms with Crippen LogP contribution in [0.3, 0.4) is 0 Å². The van der Waals surface area contributed by atoms with Crippen LogP contribution < -0.4 is 4.74 Å². The number of benzene rings is 1. The summed E-state index contributed by atoms with van der Waals surface area (Å²) in [5.41, 5.74) is 0.214. The minimum Gasteiger partial charge on any atom is -0.485 e. The summed E-state index contributed by atoms with van der Waals surface area (Å²) >= 11 is 0. The number of amides is 1. The van der Waals surface area contributed by atoms with Crippen molar-refractivity contribution in [1.82, 2.24) is 4.90 Å². The first-order valence-corrected chi connectivity index (χ1v) is 6.76. The summed E-state index contributed by atoms with van der Waals surface area (Å²) in [4.78, 5) is 13.8. The van der Waals surface area contributed by atoms with E-state index < -0.39 is 11.7 Å². The Kier molecular flexibility index (Phi) is 2.78. The molecule has 0 aliphatic carbocycles. The van der Waals surface area contributed by atoms with Gasteiger partial charge in [0, 0.05) is 18.5 Å². The summed E-state index contributed by atoms with van der Waals surface area (Å²) in [7, 11) is 0. The van der Waals surface area contributed by atoms with Crippen molar-refractivity contribution in [1.29, 1.82) is 0 Å². The SMILES string of the molecule is CC1(C)Oc2ccccc2[C@@H](N2CCCC2=O)[C@@H]1O. The molecule has 0 aromatic heterocycles. The molecule has 2 aliphatic heterocycles. The maximum Gasteiger partial charge on any atom is 0.223 e. The van der Waals surface area contributed by atoms with Crippen LogP contribution in [0.5, 0.6) is 5.75 Å². The maximum atomic E-state index is 12.0. The lowest BCUT2D eigenvalue weighted by atomic mass is 9.85. The third kappa shape index (κ3) is 1.91. The summed E-state index contributed by atoms with van der Waals surface area (Å²) in [5, 5.41) is 10.6. The summed E-state index contributed by atoms with van der Waals surface area (Å²) < 4.78 is 5.87. The summed E-state index contributed by atoms with van der Waals surface area (Å²) in [6.45, 7) is 4.44. The second-order valence-electron chi connectivity index (χ2n) is 5.82. The molecule has 1 N–H and O–H groups in total. The normalized spacial score (nSPS) is 29.0. The van der Waals surface area contributed by atoms with Crippen LogP contribution in [0, 0.1) is 0 Å². The number of nitrogens with zero attached hydrogens (tertiary/aromatic N) is 1. The van der Waals surface area contributed by atoms with Crippen molar-refractivity contribution in [2.75, 3.05) is 6.54 Å². The fraction of sp³-hybridized carbons (Fsp3) is 0.533. The summed E-state index contributed by atoms with van der Waals surface area (Å²) in [6.07, 6.45) is 0.725. The second-order valence-corrected chi connectivity index (χ2v) is 5.82. The number of rotatable bonds is 1. The number of hydrogen-bond acceptors (Lipinski definition) is 3. The molecule has 19 heavy (non-hydrogen) atoms. The lowest BCUT2D eigenvalue weighted by molar-refractivity contribution is -0.139. The Morgan fingerprint density at radius 3 is 2.79 bits per heavy atom. The zero-order valence-corrected chi connectivity index (χ0v) is 11.3. The summed E-state index contributed by atoms with van der Waals surface area (Å²) in [6, 6.07) is 7.37. The molecule has 1 amide bonds. The Morgan fingerprint density at radius 2 is 2.11 bits per heavy atom. The standard InChI is InChI=1S/C15H19NO3/c1-15(2)14(18)13(16-9-5-8-12(16)17)10-6-3-4-7-11(10)19-15/h3-4,6-7,13-14,18H,5,8-9H2,1-2H3/t13-,14+/m1/s1. The molecule has 0 radical (unpaired) electrons. The predicted molar refractivity (Wildman–Crippen MR) is 70.8 cm³/mol. The van der Waals surface area contributed by atoms with Gasteiger partial charge in [0.25, 0.3) is 0 Å². The van der Waals surface area contributed by atoms with Gasteiger partial charge in [-0.2, -0.15) is 0 Å². The fourth-order valence-corrected chi connectivity index (χ4v) is 3.01. The maximum absolute atomic E-state index is 12.0. The van der Waals surface area contributed by atoms with Crippen LogP contribution in [0.4, 0.5) is 0 Å². The largest absolute Gasteiger partial charge is 0.485 e. The first-order valence-electron chi connectivity index (χ1n) is 6.76. The number of carbonyl (C=O) groups is 1. The Bertz CT molecular complexity index is 512. The van der Waals surface area contributed by atoms with Gasteiger partial charge >= 0.3 is 0 Å². The Balaban J connectivity index is 2.08. The van der Waals surface area contributed by atoms with E-state index in [-0.39, 0.29) is 11.9 Å². The minimum atomic E-state index is -0.718. The molecule has 3 rings (SSSR count). The molecule has 0 spiro atoms. The van der Waals surface area contributed by atoms with Crippen LogP contribution in [0.2, 0.25) is 0 Å². The van der Waals surface area contributed by atoms with Crippen molar-refractivity contribution < 1.29 is 14.6 Å². The average molecular weight is 261 g/mol. The number of hydrogen-bond donors (Lipinski definition) is 1. The number of carbonyl (C=O) groups excluding carboxylic acids is 1. The van der Waals surface area contributed by atoms with Gasteiger partial charge in [-0.25, -0.2) is 0 Å². The number of para-hydroxylation sites is 1. The van der Waals surface area contributed by atoms with Gasteiger partial charge in [-0.1, -0.05) is 18.2 Å². The number of ether oxygens (including phenoxy) is 1. The van der Waals surface area contributed by atoms with E-state index in [2.05, 4.69) is 0 Å². The van der Waals surface area contributed by atoms with Crippen molar-refractivity contribution in [3.05, 3.63) is 29.8 Å². The molecule has 2 aliphatic rings. The minimum absolute atomic E-state index is 0.122. The number of aliphatic hydroxyl groups is 1. The zero-order valence-electron chi connectivity index (χ0n) is 11.3. The van der Waals surface area contributed by atoms with Crippen LogP contribution in [0.15, 0.2) is 24.3 Å². The Hall–Kier alpha value is -1.55. The molecule has 4 heteroatoms. The Morgan fingerprint density at radius 1 is 1.37 bits per heavy atom. The van der Waals surface area contributed by atoms with Crippen molar-refractivity contribution in [2.45, 2.75) is 44.4 Å². The number of likely N-dealkylation sites (tertiary alicyclic amines) is 1. The molecule has 0 bridgehead atoms. The van der Waals surface area contributed by atoms with E-state index in [9.17, 15) is 9.90 Å². The highest BCUT2D eigenvalue weighted by Crippen LogP contribution is 2.43. The van der Waals surface area contributed by atoms with E-state index in [0.717, 1.165) is 17.7 Å². The van der Waals surface area contributed by atoms with Crippen LogP contribution in [-0.4, -0.2) is 34.2 Å². The van der Waals surface area contributed by atoms with Gasteiger partial charge in [-0.15, -0.1) is 0 Å². The van der Waals surface area contributed by atoms with E-state index in [1.165, 1.54) is 0 Å². The van der Waals surface area contributed by atoms with Gasteiger partial charge in [-0.3, -0.25) is 4.79 Å². The first-order chi connectivity index (χ1) is 9.00. The van der Waals surface area contributed by atoms with Gasteiger partial charge in [0.2, 0.25) is 5.91 Å². The fourth-order valence-electron chi connectivity index (χ4n) is 3.01. The molecule has 0 saturated carbocycles. The first kappa shape index (κ1) is 12.5. The van der Waals surface area contributed by atoms with Gasteiger partial charge in [0.15, 0.2) is 0 Å². The lowest BCUT2D eigenvalue weighted by Gasteiger charge is -2.45. The predicted octanol–water partition coefficient (Wildman–Crippen LogP) is 1.88. The van der Waals surface area contributed by atoms with Crippen molar-refractivity contribution in [2.24, 2.45) is 0 Å². The van der Waals surface area contributed by atoms with Crippen molar-refractivity contribution in [3.63, 3.8) is 0 Å². The molecule has 1 saturated heterocycles. The average Bonchev–Trinajstić information content (AvgIpc) is 2.77. The molecule has 1 aromatic carbocycles. The number of aliphatic hydroxyl groups excluding tert-OH is 1. The highest BCUT2D eigenvalue weighted by molar-refractivity contribution is 5.79. The topological polar surface area (TPSA) is 49.8 Å². The molecule has 0 unspecified atom stereocenters.